The van der Waals surface area contributed by atoms with Crippen LogP contribution in [-0.4, -0.2) is 24.4 Å². The zero-order valence-corrected chi connectivity index (χ0v) is 13.4. The molecular weight excluding hydrogens is 274 g/mol. The van der Waals surface area contributed by atoms with Crippen LogP contribution in [0.25, 0.3) is 0 Å². The van der Waals surface area contributed by atoms with Crippen LogP contribution < -0.4 is 10.3 Å². The average Bonchev–Trinajstić information content (AvgIpc) is 2.51. The van der Waals surface area contributed by atoms with E-state index in [9.17, 15) is 5.11 Å². The second-order valence-corrected chi connectivity index (χ2v) is 5.15. The third-order valence-corrected chi connectivity index (χ3v) is 3.56. The Balaban J connectivity index is 2.08. The Morgan fingerprint density at radius 3 is 2.55 bits per heavy atom. The lowest BCUT2D eigenvalue weighted by atomic mass is 10.2. The number of hydrogen-bond donors (Lipinski definition) is 2. The molecule has 0 spiro atoms. The molecule has 2 rings (SSSR count). The fraction of sp³-hybridized carbons (Fsp3) is 0.278. The van der Waals surface area contributed by atoms with Crippen molar-refractivity contribution < 1.29 is 5.11 Å². The zero-order chi connectivity index (χ0) is 15.9. The summed E-state index contributed by atoms with van der Waals surface area (Å²) in [5.41, 5.74) is 6.78. The van der Waals surface area contributed by atoms with Gasteiger partial charge in [-0.2, -0.15) is 5.10 Å². The molecule has 0 saturated heterocycles. The summed E-state index contributed by atoms with van der Waals surface area (Å²) in [6.45, 7) is 8.06. The number of hydrazone groups is 1. The van der Waals surface area contributed by atoms with Crippen LogP contribution in [0, 0.1) is 6.92 Å². The monoisotopic (exact) mass is 297 g/mol. The molecule has 0 atom stereocenters. The Labute approximate surface area is 132 Å². The molecule has 0 aliphatic rings. The van der Waals surface area contributed by atoms with Crippen LogP contribution in [0.15, 0.2) is 47.6 Å². The van der Waals surface area contributed by atoms with Gasteiger partial charge in [0.1, 0.15) is 5.75 Å². The van der Waals surface area contributed by atoms with Crippen LogP contribution in [0.2, 0.25) is 0 Å². The molecule has 22 heavy (non-hydrogen) atoms. The first-order valence-corrected chi connectivity index (χ1v) is 7.57. The van der Waals surface area contributed by atoms with E-state index in [1.807, 2.05) is 43.3 Å². The van der Waals surface area contributed by atoms with Crippen molar-refractivity contribution in [1.82, 2.24) is 0 Å². The van der Waals surface area contributed by atoms with Crippen molar-refractivity contribution in [2.24, 2.45) is 5.10 Å². The summed E-state index contributed by atoms with van der Waals surface area (Å²) >= 11 is 0. The summed E-state index contributed by atoms with van der Waals surface area (Å²) in [7, 11) is 0. The summed E-state index contributed by atoms with van der Waals surface area (Å²) in [6, 6.07) is 13.6. The first-order valence-electron chi connectivity index (χ1n) is 7.57. The van der Waals surface area contributed by atoms with Gasteiger partial charge in [0.05, 0.1) is 11.9 Å². The summed E-state index contributed by atoms with van der Waals surface area (Å²) < 4.78 is 0. The molecule has 0 unspecified atom stereocenters. The zero-order valence-electron chi connectivity index (χ0n) is 13.4. The smallest absolute Gasteiger partial charge is 0.126 e. The Morgan fingerprint density at radius 2 is 1.91 bits per heavy atom. The van der Waals surface area contributed by atoms with E-state index < -0.39 is 0 Å². The molecule has 4 nitrogen and oxygen atoms in total. The second-order valence-electron chi connectivity index (χ2n) is 5.15. The minimum Gasteiger partial charge on any atom is -0.507 e. The van der Waals surface area contributed by atoms with Gasteiger partial charge in [0.15, 0.2) is 0 Å². The molecule has 0 heterocycles. The predicted molar refractivity (Wildman–Crippen MR) is 94.1 cm³/mol. The largest absolute Gasteiger partial charge is 0.507 e. The summed E-state index contributed by atoms with van der Waals surface area (Å²) in [6.07, 6.45) is 1.63. The highest BCUT2D eigenvalue weighted by Gasteiger charge is 2.05. The molecule has 0 amide bonds. The third-order valence-electron chi connectivity index (χ3n) is 3.56. The van der Waals surface area contributed by atoms with E-state index in [-0.39, 0.29) is 5.75 Å². The number of aromatic hydroxyl groups is 1. The second kappa shape index (κ2) is 7.50. The molecule has 4 heteroatoms. The number of hydrogen-bond acceptors (Lipinski definition) is 4. The first kappa shape index (κ1) is 15.9. The van der Waals surface area contributed by atoms with Crippen molar-refractivity contribution in [3.05, 3.63) is 53.6 Å². The molecule has 0 aliphatic carbocycles. The number of nitrogens with zero attached hydrogens (tertiary/aromatic N) is 2. The van der Waals surface area contributed by atoms with Crippen LogP contribution in [0.1, 0.15) is 25.0 Å². The van der Waals surface area contributed by atoms with E-state index in [1.54, 1.807) is 12.3 Å². The van der Waals surface area contributed by atoms with Crippen LogP contribution in [-0.2, 0) is 0 Å². The van der Waals surface area contributed by atoms with Crippen molar-refractivity contribution in [3.63, 3.8) is 0 Å². The molecule has 0 aromatic heterocycles. The van der Waals surface area contributed by atoms with Gasteiger partial charge in [0.25, 0.3) is 0 Å². The molecule has 0 saturated carbocycles. The summed E-state index contributed by atoms with van der Waals surface area (Å²) in [5.74, 6) is 0.235. The van der Waals surface area contributed by atoms with E-state index in [0.717, 1.165) is 24.5 Å². The molecule has 116 valence electrons. The SMILES string of the molecule is CCN(CC)c1ccc(/C=N/Nc2cccc(C)c2)c(O)c1. The highest BCUT2D eigenvalue weighted by Crippen LogP contribution is 2.23. The van der Waals surface area contributed by atoms with Crippen molar-refractivity contribution in [2.75, 3.05) is 23.4 Å². The first-order chi connectivity index (χ1) is 10.6. The summed E-state index contributed by atoms with van der Waals surface area (Å²) in [4.78, 5) is 2.19. The van der Waals surface area contributed by atoms with E-state index in [0.29, 0.717) is 5.56 Å². The van der Waals surface area contributed by atoms with Crippen molar-refractivity contribution in [1.29, 1.82) is 0 Å². The minimum absolute atomic E-state index is 0.235. The number of phenols is 1. The number of anilines is 2. The van der Waals surface area contributed by atoms with Gasteiger partial charge in [-0.3, -0.25) is 5.43 Å². The number of phenolic OH excluding ortho intramolecular Hbond substituents is 1. The fourth-order valence-electron chi connectivity index (χ4n) is 2.32. The summed E-state index contributed by atoms with van der Waals surface area (Å²) in [5, 5.41) is 14.3. The van der Waals surface area contributed by atoms with Crippen LogP contribution in [0.3, 0.4) is 0 Å². The predicted octanol–water partition coefficient (Wildman–Crippen LogP) is 3.99. The normalized spacial score (nSPS) is 10.9. The molecule has 0 bridgehead atoms. The molecule has 2 N–H and O–H groups in total. The Morgan fingerprint density at radius 1 is 1.14 bits per heavy atom. The average molecular weight is 297 g/mol. The molecular formula is C18H23N3O. The van der Waals surface area contributed by atoms with Crippen molar-refractivity contribution in [2.45, 2.75) is 20.8 Å². The van der Waals surface area contributed by atoms with Gasteiger partial charge < -0.3 is 10.0 Å². The van der Waals surface area contributed by atoms with E-state index >= 15 is 0 Å². The molecule has 2 aromatic rings. The maximum atomic E-state index is 10.1. The maximum Gasteiger partial charge on any atom is 0.126 e. The van der Waals surface area contributed by atoms with Crippen molar-refractivity contribution in [3.8, 4) is 5.75 Å². The van der Waals surface area contributed by atoms with Gasteiger partial charge >= 0.3 is 0 Å². The maximum absolute atomic E-state index is 10.1. The third kappa shape index (κ3) is 4.01. The van der Waals surface area contributed by atoms with Gasteiger partial charge in [-0.1, -0.05) is 12.1 Å². The fourth-order valence-corrected chi connectivity index (χ4v) is 2.32. The van der Waals surface area contributed by atoms with Crippen LogP contribution in [0.5, 0.6) is 5.75 Å². The van der Waals surface area contributed by atoms with Gasteiger partial charge in [-0.05, 0) is 50.6 Å². The van der Waals surface area contributed by atoms with Crippen LogP contribution >= 0.6 is 0 Å². The van der Waals surface area contributed by atoms with Gasteiger partial charge in [0.2, 0.25) is 0 Å². The number of nitrogens with one attached hydrogen (secondary N) is 1. The number of rotatable bonds is 6. The lowest BCUT2D eigenvalue weighted by Gasteiger charge is -2.21. The standard InChI is InChI=1S/C18H23N3O/c1-4-21(5-2)17-10-9-15(18(22)12-17)13-19-20-16-8-6-7-14(3)11-16/h6-13,20,22H,4-5H2,1-3H3/b19-13+. The molecule has 2 aromatic carbocycles. The molecule has 0 radical (unpaired) electrons. The number of aryl methyl sites for hydroxylation is 1. The topological polar surface area (TPSA) is 47.9 Å². The van der Waals surface area contributed by atoms with Gasteiger partial charge in [0, 0.05) is 30.4 Å². The Kier molecular flexibility index (Phi) is 5.42. The van der Waals surface area contributed by atoms with Gasteiger partial charge in [-0.15, -0.1) is 0 Å². The van der Waals surface area contributed by atoms with Crippen LogP contribution in [0.4, 0.5) is 11.4 Å². The Hall–Kier alpha value is -2.49. The highest BCUT2D eigenvalue weighted by atomic mass is 16.3. The Bertz CT molecular complexity index is 649. The van der Waals surface area contributed by atoms with Gasteiger partial charge in [-0.25, -0.2) is 0 Å². The quantitative estimate of drug-likeness (QED) is 0.626. The van der Waals surface area contributed by atoms with E-state index in [2.05, 4.69) is 29.3 Å². The highest BCUT2D eigenvalue weighted by molar-refractivity contribution is 5.85. The van der Waals surface area contributed by atoms with Crippen molar-refractivity contribution >= 4 is 17.6 Å². The minimum atomic E-state index is 0.235. The number of benzene rings is 2. The van der Waals surface area contributed by atoms with E-state index in [1.165, 1.54) is 5.56 Å². The lowest BCUT2D eigenvalue weighted by molar-refractivity contribution is 0.474. The molecule has 0 fully saturated rings. The molecule has 0 aliphatic heterocycles. The van der Waals surface area contributed by atoms with E-state index in [4.69, 9.17) is 0 Å². The lowest BCUT2D eigenvalue weighted by Crippen LogP contribution is -2.21.